The molecule has 0 aliphatic carbocycles. The molecule has 2 atom stereocenters. The first-order chi connectivity index (χ1) is 6.36. The van der Waals surface area contributed by atoms with Gasteiger partial charge in [0, 0.05) is 35.9 Å². The van der Waals surface area contributed by atoms with Crippen LogP contribution in [0.1, 0.15) is 20.8 Å². The summed E-state index contributed by atoms with van der Waals surface area (Å²) in [6.07, 6.45) is 0. The summed E-state index contributed by atoms with van der Waals surface area (Å²) in [5.74, 6) is 0. The quantitative estimate of drug-likeness (QED) is 0.673. The second-order valence-electron chi connectivity index (χ2n) is 3.80. The molecule has 6 heteroatoms. The zero-order valence-corrected chi connectivity index (χ0v) is 10.3. The molecule has 1 rings (SSSR count). The summed E-state index contributed by atoms with van der Waals surface area (Å²) in [4.78, 5) is 2.25. The summed E-state index contributed by atoms with van der Waals surface area (Å²) in [5, 5.41) is 0. The topological polar surface area (TPSA) is 40.6 Å². The van der Waals surface area contributed by atoms with Gasteiger partial charge in [-0.2, -0.15) is 12.7 Å². The molecule has 1 aliphatic rings. The molecule has 1 aliphatic heterocycles. The van der Waals surface area contributed by atoms with E-state index in [9.17, 15) is 8.42 Å². The zero-order chi connectivity index (χ0) is 10.9. The van der Waals surface area contributed by atoms with Crippen molar-refractivity contribution >= 4 is 19.9 Å². The fourth-order valence-electron chi connectivity index (χ4n) is 1.91. The van der Waals surface area contributed by atoms with Gasteiger partial charge in [0.1, 0.15) is 0 Å². The molecule has 4 nitrogen and oxygen atoms in total. The molecule has 0 N–H and O–H groups in total. The molecule has 14 heavy (non-hydrogen) atoms. The molecule has 0 amide bonds. The largest absolute Gasteiger partial charge is 0.300 e. The van der Waals surface area contributed by atoms with Gasteiger partial charge in [-0.3, -0.25) is 4.90 Å². The van der Waals surface area contributed by atoms with Crippen LogP contribution in [0.4, 0.5) is 0 Å². The Morgan fingerprint density at radius 1 is 1.29 bits per heavy atom. The van der Waals surface area contributed by atoms with E-state index in [0.717, 1.165) is 13.1 Å². The lowest BCUT2D eigenvalue weighted by atomic mass is 10.1. The predicted octanol–water partition coefficient (Wildman–Crippen LogP) is 0.884. The lowest BCUT2D eigenvalue weighted by molar-refractivity contribution is 0.0997. The minimum atomic E-state index is -3.56. The van der Waals surface area contributed by atoms with Crippen LogP contribution in [-0.2, 0) is 9.24 Å². The van der Waals surface area contributed by atoms with Crippen LogP contribution < -0.4 is 0 Å². The Labute approximate surface area is 90.4 Å². The molecule has 2 unspecified atom stereocenters. The fraction of sp³-hybridized carbons (Fsp3) is 1.00. The predicted molar refractivity (Wildman–Crippen MR) is 57.6 cm³/mol. The number of rotatable bonds is 2. The summed E-state index contributed by atoms with van der Waals surface area (Å²) in [6, 6.07) is 0.207. The molecule has 0 saturated carbocycles. The van der Waals surface area contributed by atoms with Crippen LogP contribution in [0.25, 0.3) is 0 Å². The number of halogens is 1. The van der Waals surface area contributed by atoms with Crippen molar-refractivity contribution < 1.29 is 8.42 Å². The first-order valence-corrected chi connectivity index (χ1v) is 7.08. The van der Waals surface area contributed by atoms with Gasteiger partial charge in [-0.15, -0.1) is 0 Å². The van der Waals surface area contributed by atoms with Gasteiger partial charge in [0.15, 0.2) is 0 Å². The lowest BCUT2D eigenvalue weighted by Gasteiger charge is -2.41. The van der Waals surface area contributed by atoms with Crippen molar-refractivity contribution in [2.75, 3.05) is 19.6 Å². The van der Waals surface area contributed by atoms with Crippen molar-refractivity contribution in [3.8, 4) is 0 Å². The van der Waals surface area contributed by atoms with Gasteiger partial charge in [-0.1, -0.05) is 6.92 Å². The number of likely N-dealkylation sites (N-methyl/N-ethyl adjacent to an activating group) is 1. The zero-order valence-electron chi connectivity index (χ0n) is 8.77. The van der Waals surface area contributed by atoms with E-state index in [1.54, 1.807) is 0 Å². The van der Waals surface area contributed by atoms with Crippen LogP contribution in [0.15, 0.2) is 0 Å². The highest BCUT2D eigenvalue weighted by atomic mass is 35.7. The SMILES string of the molecule is CCN1CC(C)N(S(=O)(=O)Cl)CC1C. The van der Waals surface area contributed by atoms with Crippen LogP contribution in [0, 0.1) is 0 Å². The summed E-state index contributed by atoms with van der Waals surface area (Å²) < 4.78 is 23.8. The van der Waals surface area contributed by atoms with Crippen molar-refractivity contribution in [2.24, 2.45) is 0 Å². The average molecular weight is 241 g/mol. The van der Waals surface area contributed by atoms with E-state index in [1.165, 1.54) is 4.31 Å². The summed E-state index contributed by atoms with van der Waals surface area (Å²) in [7, 11) is 1.78. The highest BCUT2D eigenvalue weighted by Crippen LogP contribution is 2.20. The molecule has 0 aromatic heterocycles. The van der Waals surface area contributed by atoms with Crippen molar-refractivity contribution in [2.45, 2.75) is 32.9 Å². The molecular formula is C8H17ClN2O2S. The second kappa shape index (κ2) is 4.35. The van der Waals surface area contributed by atoms with Gasteiger partial charge in [0.25, 0.3) is 9.24 Å². The molecule has 84 valence electrons. The molecule has 0 aromatic carbocycles. The van der Waals surface area contributed by atoms with Gasteiger partial charge >= 0.3 is 0 Å². The molecule has 0 radical (unpaired) electrons. The highest BCUT2D eigenvalue weighted by molar-refractivity contribution is 8.11. The Kier molecular flexibility index (Phi) is 3.80. The van der Waals surface area contributed by atoms with E-state index in [2.05, 4.69) is 11.8 Å². The Balaban J connectivity index is 2.77. The Morgan fingerprint density at radius 2 is 1.86 bits per heavy atom. The number of piperazine rings is 1. The van der Waals surface area contributed by atoms with E-state index in [-0.39, 0.29) is 12.1 Å². The summed E-state index contributed by atoms with van der Waals surface area (Å²) in [6.45, 7) is 8.17. The third-order valence-electron chi connectivity index (χ3n) is 2.74. The van der Waals surface area contributed by atoms with Crippen LogP contribution in [0.2, 0.25) is 0 Å². The maximum atomic E-state index is 11.2. The van der Waals surface area contributed by atoms with Crippen molar-refractivity contribution in [1.29, 1.82) is 0 Å². The van der Waals surface area contributed by atoms with Crippen LogP contribution >= 0.6 is 10.7 Å². The highest BCUT2D eigenvalue weighted by Gasteiger charge is 2.34. The molecule has 1 heterocycles. The molecule has 0 aromatic rings. The maximum absolute atomic E-state index is 11.2. The summed E-state index contributed by atoms with van der Waals surface area (Å²) >= 11 is 0. The minimum Gasteiger partial charge on any atom is -0.298 e. The van der Waals surface area contributed by atoms with Gasteiger partial charge in [-0.25, -0.2) is 0 Å². The number of hydrogen-bond donors (Lipinski definition) is 0. The number of nitrogens with zero attached hydrogens (tertiary/aromatic N) is 2. The van der Waals surface area contributed by atoms with Crippen molar-refractivity contribution in [3.63, 3.8) is 0 Å². The van der Waals surface area contributed by atoms with E-state index in [0.29, 0.717) is 6.54 Å². The molecular weight excluding hydrogens is 224 g/mol. The first kappa shape index (κ1) is 12.2. The Morgan fingerprint density at radius 3 is 2.29 bits per heavy atom. The van der Waals surface area contributed by atoms with E-state index in [1.807, 2.05) is 13.8 Å². The molecule has 0 spiro atoms. The van der Waals surface area contributed by atoms with Crippen LogP contribution in [-0.4, -0.2) is 49.3 Å². The minimum absolute atomic E-state index is 0.0337. The second-order valence-corrected chi connectivity index (χ2v) is 6.26. The van der Waals surface area contributed by atoms with Gasteiger partial charge in [0.05, 0.1) is 0 Å². The van der Waals surface area contributed by atoms with E-state index in [4.69, 9.17) is 10.7 Å². The third-order valence-corrected chi connectivity index (χ3v) is 4.35. The third kappa shape index (κ3) is 2.59. The van der Waals surface area contributed by atoms with E-state index >= 15 is 0 Å². The molecule has 1 saturated heterocycles. The lowest BCUT2D eigenvalue weighted by Crippen LogP contribution is -2.56. The molecule has 1 fully saturated rings. The maximum Gasteiger partial charge on any atom is 0.300 e. The van der Waals surface area contributed by atoms with Gasteiger partial charge in [0.2, 0.25) is 0 Å². The normalized spacial score (nSPS) is 32.0. The smallest absolute Gasteiger partial charge is 0.298 e. The van der Waals surface area contributed by atoms with Crippen molar-refractivity contribution in [1.82, 2.24) is 9.21 Å². The van der Waals surface area contributed by atoms with Crippen molar-refractivity contribution in [3.05, 3.63) is 0 Å². The molecule has 0 bridgehead atoms. The Bertz CT molecular complexity index is 294. The first-order valence-electron chi connectivity index (χ1n) is 4.81. The fourth-order valence-corrected chi connectivity index (χ4v) is 3.38. The average Bonchev–Trinajstić information content (AvgIpc) is 2.06. The monoisotopic (exact) mass is 240 g/mol. The standard InChI is InChI=1S/C8H17ClN2O2S/c1-4-10-5-8(3)11(6-7(10)2)14(9,12)13/h7-8H,4-6H2,1-3H3. The van der Waals surface area contributed by atoms with E-state index < -0.39 is 9.24 Å². The van der Waals surface area contributed by atoms with Gasteiger partial charge < -0.3 is 0 Å². The van der Waals surface area contributed by atoms with Gasteiger partial charge in [-0.05, 0) is 20.4 Å². The van der Waals surface area contributed by atoms with Crippen LogP contribution in [0.3, 0.4) is 0 Å². The Hall–Kier alpha value is 0.160. The summed E-state index contributed by atoms with van der Waals surface area (Å²) in [5.41, 5.74) is 0. The van der Waals surface area contributed by atoms with Crippen LogP contribution in [0.5, 0.6) is 0 Å². The number of hydrogen-bond acceptors (Lipinski definition) is 3.